The number of aromatic nitrogens is 5. The van der Waals surface area contributed by atoms with Gasteiger partial charge in [0, 0.05) is 43.9 Å². The number of para-hydroxylation sites is 3. The zero-order valence-electron chi connectivity index (χ0n) is 31.2. The molecule has 268 valence electrons. The van der Waals surface area contributed by atoms with E-state index in [0.717, 1.165) is 50.2 Å². The van der Waals surface area contributed by atoms with E-state index in [0.29, 0.717) is 17.5 Å². The van der Waals surface area contributed by atoms with Crippen molar-refractivity contribution in [2.75, 3.05) is 0 Å². The van der Waals surface area contributed by atoms with Crippen LogP contribution in [-0.2, 0) is 0 Å². The summed E-state index contributed by atoms with van der Waals surface area (Å²) in [5.74, 6) is 1.87. The Morgan fingerprint density at radius 1 is 0.333 bits per heavy atom. The smallest absolute Gasteiger partial charge is 0.166 e. The lowest BCUT2D eigenvalue weighted by atomic mass is 9.99. The van der Waals surface area contributed by atoms with Crippen LogP contribution in [0, 0.1) is 6.92 Å². The SMILES string of the molecule is Cc1ccc2c(c1)c1ccccc1n2-c1ccc(-c2ccc3c(c2)c2ccccc2n3-c2ccccc2)cc1-c1nc(-c2ccccc2)nc(-c2ccccc2)n1. The number of aryl methyl sites for hydroxylation is 1. The lowest BCUT2D eigenvalue weighted by Crippen LogP contribution is -2.04. The highest BCUT2D eigenvalue weighted by atomic mass is 15.1. The van der Waals surface area contributed by atoms with E-state index >= 15 is 0 Å². The largest absolute Gasteiger partial charge is 0.309 e. The van der Waals surface area contributed by atoms with Gasteiger partial charge in [-0.1, -0.05) is 139 Å². The fraction of sp³-hybridized carbons (Fsp3) is 0.0192. The van der Waals surface area contributed by atoms with Crippen molar-refractivity contribution < 1.29 is 0 Å². The summed E-state index contributed by atoms with van der Waals surface area (Å²) < 4.78 is 4.72. The molecule has 8 aromatic carbocycles. The molecule has 0 aliphatic rings. The fourth-order valence-corrected chi connectivity index (χ4v) is 8.37. The lowest BCUT2D eigenvalue weighted by molar-refractivity contribution is 1.06. The predicted octanol–water partition coefficient (Wildman–Crippen LogP) is 13.0. The van der Waals surface area contributed by atoms with Gasteiger partial charge >= 0.3 is 0 Å². The highest BCUT2D eigenvalue weighted by molar-refractivity contribution is 6.11. The molecule has 0 atom stereocenters. The maximum atomic E-state index is 5.27. The van der Waals surface area contributed by atoms with Crippen molar-refractivity contribution in [3.8, 4) is 56.7 Å². The summed E-state index contributed by atoms with van der Waals surface area (Å²) in [5, 5.41) is 4.84. The van der Waals surface area contributed by atoms with Crippen LogP contribution in [0.5, 0.6) is 0 Å². The van der Waals surface area contributed by atoms with Crippen molar-refractivity contribution in [1.82, 2.24) is 24.1 Å². The van der Waals surface area contributed by atoms with Crippen molar-refractivity contribution in [2.45, 2.75) is 6.92 Å². The predicted molar refractivity (Wildman–Crippen MR) is 235 cm³/mol. The van der Waals surface area contributed by atoms with Crippen molar-refractivity contribution in [3.63, 3.8) is 0 Å². The first-order valence-electron chi connectivity index (χ1n) is 19.3. The zero-order valence-corrected chi connectivity index (χ0v) is 31.2. The van der Waals surface area contributed by atoms with Gasteiger partial charge in [0.05, 0.1) is 27.8 Å². The number of benzene rings is 8. The minimum Gasteiger partial charge on any atom is -0.309 e. The Hall–Kier alpha value is -7.63. The molecule has 0 spiro atoms. The minimum absolute atomic E-state index is 0.611. The summed E-state index contributed by atoms with van der Waals surface area (Å²) in [6.07, 6.45) is 0. The second kappa shape index (κ2) is 13.3. The Kier molecular flexibility index (Phi) is 7.64. The average Bonchev–Trinajstić information content (AvgIpc) is 3.79. The summed E-state index contributed by atoms with van der Waals surface area (Å²) in [6, 6.07) is 68.6. The van der Waals surface area contributed by atoms with E-state index in [1.54, 1.807) is 0 Å². The number of rotatable bonds is 6. The first-order chi connectivity index (χ1) is 28.2. The quantitative estimate of drug-likeness (QED) is 0.171. The molecule has 0 aliphatic carbocycles. The number of fused-ring (bicyclic) bond motifs is 6. The number of hydrogen-bond acceptors (Lipinski definition) is 3. The summed E-state index contributed by atoms with van der Waals surface area (Å²) in [5.41, 5.74) is 12.9. The van der Waals surface area contributed by atoms with Gasteiger partial charge < -0.3 is 9.13 Å². The first-order valence-corrected chi connectivity index (χ1v) is 19.3. The average molecular weight is 730 g/mol. The molecule has 0 saturated carbocycles. The van der Waals surface area contributed by atoms with Gasteiger partial charge in [0.2, 0.25) is 0 Å². The molecule has 57 heavy (non-hydrogen) atoms. The van der Waals surface area contributed by atoms with Crippen LogP contribution in [0.15, 0.2) is 194 Å². The maximum Gasteiger partial charge on any atom is 0.166 e. The van der Waals surface area contributed by atoms with Crippen molar-refractivity contribution in [2.24, 2.45) is 0 Å². The van der Waals surface area contributed by atoms with Gasteiger partial charge in [-0.05, 0) is 78.7 Å². The zero-order chi connectivity index (χ0) is 37.9. The van der Waals surface area contributed by atoms with Crippen molar-refractivity contribution in [1.29, 1.82) is 0 Å². The molecule has 0 N–H and O–H groups in total. The van der Waals surface area contributed by atoms with Crippen LogP contribution in [0.2, 0.25) is 0 Å². The molecule has 0 bridgehead atoms. The summed E-state index contributed by atoms with van der Waals surface area (Å²) in [6.45, 7) is 2.15. The van der Waals surface area contributed by atoms with Gasteiger partial charge in [0.25, 0.3) is 0 Å². The van der Waals surface area contributed by atoms with E-state index in [4.69, 9.17) is 15.0 Å². The molecule has 0 saturated heterocycles. The van der Waals surface area contributed by atoms with Gasteiger partial charge in [-0.3, -0.25) is 0 Å². The fourth-order valence-electron chi connectivity index (χ4n) is 8.37. The monoisotopic (exact) mass is 729 g/mol. The second-order valence-corrected chi connectivity index (χ2v) is 14.6. The van der Waals surface area contributed by atoms with Crippen molar-refractivity contribution >= 4 is 43.6 Å². The molecule has 11 rings (SSSR count). The van der Waals surface area contributed by atoms with Crippen LogP contribution in [-0.4, -0.2) is 24.1 Å². The molecule has 11 aromatic rings. The molecule has 0 amide bonds. The van der Waals surface area contributed by atoms with Gasteiger partial charge in [0.15, 0.2) is 17.5 Å². The van der Waals surface area contributed by atoms with E-state index in [9.17, 15) is 0 Å². The molecule has 3 aromatic heterocycles. The Morgan fingerprint density at radius 2 is 0.807 bits per heavy atom. The van der Waals surface area contributed by atoms with E-state index in [2.05, 4.69) is 174 Å². The normalized spacial score (nSPS) is 11.6. The lowest BCUT2D eigenvalue weighted by Gasteiger charge is -2.16. The van der Waals surface area contributed by atoms with Crippen LogP contribution >= 0.6 is 0 Å². The molecule has 5 heteroatoms. The molecule has 0 radical (unpaired) electrons. The molecular weight excluding hydrogens is 695 g/mol. The first kappa shape index (κ1) is 32.8. The van der Waals surface area contributed by atoms with Crippen LogP contribution in [0.4, 0.5) is 0 Å². The van der Waals surface area contributed by atoms with Crippen molar-refractivity contribution in [3.05, 3.63) is 200 Å². The van der Waals surface area contributed by atoms with Crippen LogP contribution < -0.4 is 0 Å². The minimum atomic E-state index is 0.611. The van der Waals surface area contributed by atoms with Gasteiger partial charge in [-0.15, -0.1) is 0 Å². The van der Waals surface area contributed by atoms with E-state index in [1.165, 1.54) is 38.1 Å². The summed E-state index contributed by atoms with van der Waals surface area (Å²) in [7, 11) is 0. The maximum absolute atomic E-state index is 5.27. The molecule has 0 unspecified atom stereocenters. The number of hydrogen-bond donors (Lipinski definition) is 0. The summed E-state index contributed by atoms with van der Waals surface area (Å²) >= 11 is 0. The van der Waals surface area contributed by atoms with E-state index in [1.807, 2.05) is 36.4 Å². The highest BCUT2D eigenvalue weighted by Gasteiger charge is 2.21. The van der Waals surface area contributed by atoms with Gasteiger partial charge in [-0.25, -0.2) is 15.0 Å². The summed E-state index contributed by atoms with van der Waals surface area (Å²) in [4.78, 5) is 15.6. The van der Waals surface area contributed by atoms with E-state index < -0.39 is 0 Å². The van der Waals surface area contributed by atoms with E-state index in [-0.39, 0.29) is 0 Å². The van der Waals surface area contributed by atoms with Gasteiger partial charge in [0.1, 0.15) is 0 Å². The Morgan fingerprint density at radius 3 is 1.47 bits per heavy atom. The molecule has 3 heterocycles. The third-order valence-corrected chi connectivity index (χ3v) is 11.0. The van der Waals surface area contributed by atoms with Crippen LogP contribution in [0.3, 0.4) is 0 Å². The molecule has 0 fully saturated rings. The Balaban J connectivity index is 1.19. The third kappa shape index (κ3) is 5.51. The molecule has 0 aliphatic heterocycles. The molecular formula is C52H35N5. The Labute approximate surface area is 329 Å². The molecule has 5 nitrogen and oxygen atoms in total. The highest BCUT2D eigenvalue weighted by Crippen LogP contribution is 2.40. The topological polar surface area (TPSA) is 48.5 Å². The van der Waals surface area contributed by atoms with Crippen LogP contribution in [0.25, 0.3) is 100 Å². The van der Waals surface area contributed by atoms with Gasteiger partial charge in [-0.2, -0.15) is 0 Å². The standard InChI is InChI=1S/C52H35N5/c1-34-25-28-48-42(31-34)40-21-12-14-24-46(40)57(48)49-30-27-38(37-26-29-47-43(32-37)41-22-11-13-23-45(41)56(47)39-19-9-4-10-20-39)33-44(49)52-54-50(35-15-5-2-6-16-35)53-51(55-52)36-17-7-3-8-18-36/h2-33H,1H3. The Bertz CT molecular complexity index is 3230. The van der Waals surface area contributed by atoms with Crippen LogP contribution in [0.1, 0.15) is 5.56 Å². The third-order valence-electron chi connectivity index (χ3n) is 11.0. The second-order valence-electron chi connectivity index (χ2n) is 14.6. The number of nitrogens with zero attached hydrogens (tertiary/aromatic N) is 5.